The van der Waals surface area contributed by atoms with Crippen LogP contribution in [0.5, 0.6) is 5.75 Å². The first-order chi connectivity index (χ1) is 13.9. The molecule has 29 heavy (non-hydrogen) atoms. The summed E-state index contributed by atoms with van der Waals surface area (Å²) in [5, 5.41) is 0. The van der Waals surface area contributed by atoms with E-state index in [1.165, 1.54) is 18.9 Å². The Morgan fingerprint density at radius 3 is 2.59 bits per heavy atom. The molecule has 1 amide bonds. The quantitative estimate of drug-likeness (QED) is 0.210. The summed E-state index contributed by atoms with van der Waals surface area (Å²) in [5.41, 5.74) is 0.944. The highest BCUT2D eigenvalue weighted by Crippen LogP contribution is 2.33. The Kier molecular flexibility index (Phi) is 9.67. The molecule has 0 unspecified atom stereocenters. The van der Waals surface area contributed by atoms with Gasteiger partial charge in [0.25, 0.3) is 5.91 Å². The molecule has 5 nitrogen and oxygen atoms in total. The van der Waals surface area contributed by atoms with Crippen LogP contribution in [0.15, 0.2) is 29.2 Å². The fraction of sp³-hybridized carbons (Fsp3) is 0.500. The molecule has 1 aromatic rings. The number of rotatable bonds is 11. The maximum absolute atomic E-state index is 12.7. The number of amides is 1. The third kappa shape index (κ3) is 7.82. The number of ether oxygens (including phenoxy) is 2. The Balaban J connectivity index is 1.84. The normalized spacial score (nSPS) is 15.4. The summed E-state index contributed by atoms with van der Waals surface area (Å²) in [5.74, 6) is 1.20. The molecule has 1 aliphatic heterocycles. The molecule has 0 aliphatic carbocycles. The minimum Gasteiger partial charge on any atom is -0.494 e. The minimum atomic E-state index is -0.199. The van der Waals surface area contributed by atoms with Crippen molar-refractivity contribution in [2.24, 2.45) is 5.92 Å². The van der Waals surface area contributed by atoms with Crippen LogP contribution in [0.2, 0.25) is 0 Å². The van der Waals surface area contributed by atoms with E-state index < -0.39 is 0 Å². The Hall–Kier alpha value is -1.86. The molecule has 7 heteroatoms. The second kappa shape index (κ2) is 12.0. The van der Waals surface area contributed by atoms with Crippen LogP contribution < -0.4 is 4.74 Å². The van der Waals surface area contributed by atoms with Gasteiger partial charge in [-0.05, 0) is 49.0 Å². The number of methoxy groups -OCH3 is 1. The van der Waals surface area contributed by atoms with Gasteiger partial charge in [0, 0.05) is 13.0 Å². The Morgan fingerprint density at radius 1 is 1.21 bits per heavy atom. The third-order valence-electron chi connectivity index (χ3n) is 4.51. The number of unbranched alkanes of at least 4 members (excludes halogenated alkanes) is 2. The van der Waals surface area contributed by atoms with Crippen LogP contribution in [-0.4, -0.2) is 41.4 Å². The molecule has 0 atom stereocenters. The lowest BCUT2D eigenvalue weighted by molar-refractivity contribution is -0.140. The van der Waals surface area contributed by atoms with Gasteiger partial charge in [0.05, 0.1) is 18.6 Å². The van der Waals surface area contributed by atoms with Crippen molar-refractivity contribution < 1.29 is 19.1 Å². The highest BCUT2D eigenvalue weighted by atomic mass is 32.2. The van der Waals surface area contributed by atoms with E-state index in [4.69, 9.17) is 17.0 Å². The summed E-state index contributed by atoms with van der Waals surface area (Å²) in [6.45, 7) is 5.62. The number of thiocarbonyl (C=S) groups is 1. The van der Waals surface area contributed by atoms with Crippen molar-refractivity contribution in [3.63, 3.8) is 0 Å². The zero-order valence-electron chi connectivity index (χ0n) is 17.3. The summed E-state index contributed by atoms with van der Waals surface area (Å²) < 4.78 is 10.9. The van der Waals surface area contributed by atoms with Gasteiger partial charge in [-0.2, -0.15) is 0 Å². The summed E-state index contributed by atoms with van der Waals surface area (Å²) in [6, 6.07) is 7.75. The summed E-state index contributed by atoms with van der Waals surface area (Å²) in [4.78, 5) is 26.1. The van der Waals surface area contributed by atoms with Crippen LogP contribution in [0.3, 0.4) is 0 Å². The number of benzene rings is 1. The topological polar surface area (TPSA) is 55.8 Å². The van der Waals surface area contributed by atoms with Crippen LogP contribution in [0.4, 0.5) is 0 Å². The molecule has 158 valence electrons. The van der Waals surface area contributed by atoms with Crippen molar-refractivity contribution in [3.8, 4) is 5.75 Å². The van der Waals surface area contributed by atoms with E-state index in [0.29, 0.717) is 34.7 Å². The largest absolute Gasteiger partial charge is 0.494 e. The van der Waals surface area contributed by atoms with Crippen molar-refractivity contribution in [2.45, 2.75) is 46.0 Å². The molecular weight excluding hydrogens is 406 g/mol. The lowest BCUT2D eigenvalue weighted by atomic mass is 10.1. The van der Waals surface area contributed by atoms with Crippen LogP contribution in [0, 0.1) is 5.92 Å². The summed E-state index contributed by atoms with van der Waals surface area (Å²) in [6.07, 6.45) is 5.71. The number of nitrogens with zero attached hydrogens (tertiary/aromatic N) is 1. The molecule has 0 radical (unpaired) electrons. The molecule has 0 bridgehead atoms. The Labute approximate surface area is 182 Å². The average Bonchev–Trinajstić information content (AvgIpc) is 2.95. The van der Waals surface area contributed by atoms with E-state index in [-0.39, 0.29) is 11.9 Å². The molecule has 2 rings (SSSR count). The number of thioether (sulfide) groups is 1. The molecule has 1 heterocycles. The van der Waals surface area contributed by atoms with E-state index in [0.717, 1.165) is 37.0 Å². The molecule has 1 saturated heterocycles. The second-order valence-corrected chi connectivity index (χ2v) is 9.00. The van der Waals surface area contributed by atoms with E-state index in [9.17, 15) is 9.59 Å². The molecule has 1 aliphatic rings. The number of hydrogen-bond acceptors (Lipinski definition) is 6. The first-order valence-electron chi connectivity index (χ1n) is 9.95. The number of carbonyl (C=O) groups is 2. The number of esters is 1. The predicted octanol–water partition coefficient (Wildman–Crippen LogP) is 5.05. The van der Waals surface area contributed by atoms with Gasteiger partial charge in [0.15, 0.2) is 0 Å². The summed E-state index contributed by atoms with van der Waals surface area (Å²) >= 11 is 6.71. The van der Waals surface area contributed by atoms with Crippen molar-refractivity contribution in [2.75, 3.05) is 20.3 Å². The predicted molar refractivity (Wildman–Crippen MR) is 122 cm³/mol. The maximum Gasteiger partial charge on any atom is 0.305 e. The number of carbonyl (C=O) groups excluding carboxylic acids is 2. The van der Waals surface area contributed by atoms with E-state index >= 15 is 0 Å². The SMILES string of the molecule is COC(=O)CCCCCN1C(=O)/C(=C\c2ccc(OCCC(C)C)cc2)SC1=S. The van der Waals surface area contributed by atoms with Crippen molar-refractivity contribution in [1.82, 2.24) is 4.90 Å². The fourth-order valence-corrected chi connectivity index (χ4v) is 4.04. The zero-order valence-corrected chi connectivity index (χ0v) is 18.9. The molecule has 0 saturated carbocycles. The first-order valence-corrected chi connectivity index (χ1v) is 11.2. The van der Waals surface area contributed by atoms with Gasteiger partial charge in [-0.1, -0.05) is 56.4 Å². The Bertz CT molecular complexity index is 744. The van der Waals surface area contributed by atoms with Gasteiger partial charge in [-0.25, -0.2) is 0 Å². The van der Waals surface area contributed by atoms with Crippen LogP contribution in [0.25, 0.3) is 6.08 Å². The Morgan fingerprint density at radius 2 is 1.93 bits per heavy atom. The van der Waals surface area contributed by atoms with Gasteiger partial charge in [-0.15, -0.1) is 0 Å². The number of hydrogen-bond donors (Lipinski definition) is 0. The van der Waals surface area contributed by atoms with Crippen LogP contribution in [-0.2, 0) is 14.3 Å². The fourth-order valence-electron chi connectivity index (χ4n) is 2.73. The lowest BCUT2D eigenvalue weighted by Gasteiger charge is -2.13. The van der Waals surface area contributed by atoms with E-state index in [1.54, 1.807) is 4.90 Å². The lowest BCUT2D eigenvalue weighted by Crippen LogP contribution is -2.29. The second-order valence-electron chi connectivity index (χ2n) is 7.32. The molecule has 0 aromatic heterocycles. The van der Waals surface area contributed by atoms with Gasteiger partial charge < -0.3 is 9.47 Å². The maximum atomic E-state index is 12.7. The highest BCUT2D eigenvalue weighted by Gasteiger charge is 2.31. The zero-order chi connectivity index (χ0) is 21.2. The van der Waals surface area contributed by atoms with Crippen molar-refractivity contribution >= 4 is 46.3 Å². The standard InChI is InChI=1S/C22H29NO4S2/c1-16(2)12-14-27-18-10-8-17(9-11-18)15-19-21(25)23(22(28)29-19)13-6-4-5-7-20(24)26-3/h8-11,15-16H,4-7,12-14H2,1-3H3/b19-15+. The van der Waals surface area contributed by atoms with Gasteiger partial charge in [-0.3, -0.25) is 14.5 Å². The third-order valence-corrected chi connectivity index (χ3v) is 5.88. The van der Waals surface area contributed by atoms with Gasteiger partial charge in [0.1, 0.15) is 10.1 Å². The monoisotopic (exact) mass is 435 g/mol. The average molecular weight is 436 g/mol. The van der Waals surface area contributed by atoms with E-state index in [2.05, 4.69) is 18.6 Å². The smallest absolute Gasteiger partial charge is 0.305 e. The molecule has 1 aromatic carbocycles. The van der Waals surface area contributed by atoms with Gasteiger partial charge >= 0.3 is 5.97 Å². The molecule has 1 fully saturated rings. The van der Waals surface area contributed by atoms with Gasteiger partial charge in [0.2, 0.25) is 0 Å². The minimum absolute atomic E-state index is 0.0507. The van der Waals surface area contributed by atoms with Crippen LogP contribution in [0.1, 0.15) is 51.5 Å². The first kappa shape index (κ1) is 23.4. The van der Waals surface area contributed by atoms with E-state index in [1.807, 2.05) is 30.3 Å². The molecular formula is C22H29NO4S2. The van der Waals surface area contributed by atoms with Crippen LogP contribution >= 0.6 is 24.0 Å². The highest BCUT2D eigenvalue weighted by molar-refractivity contribution is 8.26. The van der Waals surface area contributed by atoms with Crippen molar-refractivity contribution in [3.05, 3.63) is 34.7 Å². The molecule has 0 N–H and O–H groups in total. The summed E-state index contributed by atoms with van der Waals surface area (Å²) in [7, 11) is 1.39. The van der Waals surface area contributed by atoms with Crippen molar-refractivity contribution in [1.29, 1.82) is 0 Å². The molecule has 0 spiro atoms.